The van der Waals surface area contributed by atoms with Crippen LogP contribution >= 0.6 is 0 Å². The zero-order chi connectivity index (χ0) is 11.1. The van der Waals surface area contributed by atoms with Crippen LogP contribution in [0.1, 0.15) is 44.9 Å². The summed E-state index contributed by atoms with van der Waals surface area (Å²) < 4.78 is 11.2. The normalized spacial score (nSPS) is 32.2. The van der Waals surface area contributed by atoms with Gasteiger partial charge in [0.25, 0.3) is 0 Å². The maximum absolute atomic E-state index is 5.73. The topological polar surface area (TPSA) is 30.5 Å². The average Bonchev–Trinajstić information content (AvgIpc) is 2.59. The molecule has 2 unspecified atom stereocenters. The molecule has 0 saturated carbocycles. The number of rotatable bonds is 4. The van der Waals surface area contributed by atoms with Crippen LogP contribution in [-0.2, 0) is 9.47 Å². The minimum Gasteiger partial charge on any atom is -0.381 e. The molecule has 2 saturated heterocycles. The minimum atomic E-state index is 0.517. The predicted octanol–water partition coefficient (Wildman–Crippen LogP) is 2.10. The van der Waals surface area contributed by atoms with Crippen molar-refractivity contribution in [1.82, 2.24) is 5.32 Å². The molecule has 0 aromatic carbocycles. The zero-order valence-electron chi connectivity index (χ0n) is 10.2. The van der Waals surface area contributed by atoms with Gasteiger partial charge in [0.1, 0.15) is 0 Å². The van der Waals surface area contributed by atoms with Gasteiger partial charge in [-0.25, -0.2) is 0 Å². The van der Waals surface area contributed by atoms with Gasteiger partial charge in [0.2, 0.25) is 0 Å². The molecule has 2 heterocycles. The highest BCUT2D eigenvalue weighted by atomic mass is 16.5. The first-order valence-electron chi connectivity index (χ1n) is 6.88. The molecule has 0 aliphatic carbocycles. The molecule has 0 aromatic rings. The van der Waals surface area contributed by atoms with E-state index in [2.05, 4.69) is 5.32 Å². The van der Waals surface area contributed by atoms with Crippen LogP contribution in [0.3, 0.4) is 0 Å². The van der Waals surface area contributed by atoms with Crippen LogP contribution in [0.2, 0.25) is 0 Å². The Balaban J connectivity index is 1.55. The van der Waals surface area contributed by atoms with Crippen LogP contribution in [0, 0.1) is 0 Å². The number of ether oxygens (including phenoxy) is 2. The molecule has 3 heteroatoms. The molecule has 16 heavy (non-hydrogen) atoms. The van der Waals surface area contributed by atoms with Gasteiger partial charge in [0.15, 0.2) is 0 Å². The molecule has 0 spiro atoms. The molecule has 0 radical (unpaired) electrons. The van der Waals surface area contributed by atoms with Crippen LogP contribution in [0.25, 0.3) is 0 Å². The third-order valence-electron chi connectivity index (χ3n) is 3.63. The Labute approximate surface area is 98.9 Å². The fraction of sp³-hybridized carbons (Fsp3) is 1.00. The molecule has 2 atom stereocenters. The highest BCUT2D eigenvalue weighted by Crippen LogP contribution is 2.15. The average molecular weight is 227 g/mol. The van der Waals surface area contributed by atoms with Gasteiger partial charge in [0, 0.05) is 25.9 Å². The van der Waals surface area contributed by atoms with E-state index in [1.807, 2.05) is 0 Å². The Morgan fingerprint density at radius 3 is 2.81 bits per heavy atom. The summed E-state index contributed by atoms with van der Waals surface area (Å²) in [6.07, 6.45) is 9.20. The third kappa shape index (κ3) is 4.40. The van der Waals surface area contributed by atoms with Gasteiger partial charge in [-0.3, -0.25) is 0 Å². The second-order valence-corrected chi connectivity index (χ2v) is 4.97. The van der Waals surface area contributed by atoms with E-state index in [9.17, 15) is 0 Å². The van der Waals surface area contributed by atoms with E-state index < -0.39 is 0 Å². The summed E-state index contributed by atoms with van der Waals surface area (Å²) in [6.45, 7) is 3.96. The van der Waals surface area contributed by atoms with Crippen LogP contribution in [-0.4, -0.2) is 38.5 Å². The Morgan fingerprint density at radius 2 is 1.94 bits per heavy atom. The largest absolute Gasteiger partial charge is 0.381 e. The van der Waals surface area contributed by atoms with Gasteiger partial charge in [0.05, 0.1) is 6.10 Å². The lowest BCUT2D eigenvalue weighted by molar-refractivity contribution is 0.0111. The molecule has 94 valence electrons. The Bertz CT molecular complexity index is 173. The van der Waals surface area contributed by atoms with E-state index in [4.69, 9.17) is 9.47 Å². The van der Waals surface area contributed by atoms with Crippen molar-refractivity contribution in [2.24, 2.45) is 0 Å². The van der Waals surface area contributed by atoms with Crippen molar-refractivity contribution in [3.63, 3.8) is 0 Å². The van der Waals surface area contributed by atoms with E-state index in [-0.39, 0.29) is 0 Å². The molecule has 2 aliphatic heterocycles. The first-order valence-corrected chi connectivity index (χ1v) is 6.88. The summed E-state index contributed by atoms with van der Waals surface area (Å²) in [4.78, 5) is 0. The number of nitrogens with one attached hydrogen (secondary N) is 1. The first kappa shape index (κ1) is 12.3. The van der Waals surface area contributed by atoms with E-state index in [0.717, 1.165) is 26.4 Å². The van der Waals surface area contributed by atoms with E-state index >= 15 is 0 Å². The molecule has 2 aliphatic rings. The van der Waals surface area contributed by atoms with Crippen molar-refractivity contribution >= 4 is 0 Å². The lowest BCUT2D eigenvalue weighted by atomic mass is 10.1. The van der Waals surface area contributed by atoms with Crippen LogP contribution < -0.4 is 5.32 Å². The van der Waals surface area contributed by atoms with Crippen molar-refractivity contribution in [3.05, 3.63) is 0 Å². The van der Waals surface area contributed by atoms with Crippen LogP contribution in [0.4, 0.5) is 0 Å². The van der Waals surface area contributed by atoms with Gasteiger partial charge in [-0.1, -0.05) is 0 Å². The summed E-state index contributed by atoms with van der Waals surface area (Å²) in [7, 11) is 0. The maximum atomic E-state index is 5.73. The van der Waals surface area contributed by atoms with Crippen LogP contribution in [0.15, 0.2) is 0 Å². The van der Waals surface area contributed by atoms with Gasteiger partial charge in [-0.15, -0.1) is 0 Å². The zero-order valence-corrected chi connectivity index (χ0v) is 10.2. The predicted molar refractivity (Wildman–Crippen MR) is 64.7 cm³/mol. The second-order valence-electron chi connectivity index (χ2n) is 4.97. The van der Waals surface area contributed by atoms with E-state index in [1.165, 1.54) is 44.9 Å². The monoisotopic (exact) mass is 227 g/mol. The molecule has 2 fully saturated rings. The summed E-state index contributed by atoms with van der Waals surface area (Å²) in [6, 6.07) is 0.672. The highest BCUT2D eigenvalue weighted by Gasteiger charge is 2.15. The molecule has 0 bridgehead atoms. The third-order valence-corrected chi connectivity index (χ3v) is 3.63. The van der Waals surface area contributed by atoms with Crippen molar-refractivity contribution in [3.8, 4) is 0 Å². The Morgan fingerprint density at radius 1 is 0.938 bits per heavy atom. The van der Waals surface area contributed by atoms with Crippen molar-refractivity contribution in [2.45, 2.75) is 57.1 Å². The smallest absolute Gasteiger partial charge is 0.0587 e. The molecule has 0 aromatic heterocycles. The Kier molecular flexibility index (Phi) is 5.59. The fourth-order valence-corrected chi connectivity index (χ4v) is 2.59. The number of hydrogen-bond acceptors (Lipinski definition) is 3. The molecule has 1 N–H and O–H groups in total. The number of hydrogen-bond donors (Lipinski definition) is 1. The first-order chi connectivity index (χ1) is 7.95. The molecule has 2 rings (SSSR count). The highest BCUT2D eigenvalue weighted by molar-refractivity contribution is 4.71. The maximum Gasteiger partial charge on any atom is 0.0587 e. The van der Waals surface area contributed by atoms with Gasteiger partial charge >= 0.3 is 0 Å². The molecule has 0 amide bonds. The SMILES string of the molecule is C1CCC(CCNC2CCCOCC2)OC1. The second kappa shape index (κ2) is 7.25. The van der Waals surface area contributed by atoms with Gasteiger partial charge < -0.3 is 14.8 Å². The van der Waals surface area contributed by atoms with E-state index in [0.29, 0.717) is 12.1 Å². The fourth-order valence-electron chi connectivity index (χ4n) is 2.59. The minimum absolute atomic E-state index is 0.517. The summed E-state index contributed by atoms with van der Waals surface area (Å²) in [5, 5.41) is 3.65. The molecular weight excluding hydrogens is 202 g/mol. The lowest BCUT2D eigenvalue weighted by Gasteiger charge is -2.24. The summed E-state index contributed by atoms with van der Waals surface area (Å²) in [5.41, 5.74) is 0. The van der Waals surface area contributed by atoms with Gasteiger partial charge in [-0.05, 0) is 51.5 Å². The Hall–Kier alpha value is -0.120. The molecular formula is C13H25NO2. The van der Waals surface area contributed by atoms with Crippen molar-refractivity contribution < 1.29 is 9.47 Å². The molecule has 3 nitrogen and oxygen atoms in total. The van der Waals surface area contributed by atoms with Crippen molar-refractivity contribution in [2.75, 3.05) is 26.4 Å². The summed E-state index contributed by atoms with van der Waals surface area (Å²) in [5.74, 6) is 0. The standard InChI is InChI=1S/C13H25NO2/c1-2-10-16-13(5-1)6-8-14-12-4-3-9-15-11-7-12/h12-14H,1-11H2. The van der Waals surface area contributed by atoms with Gasteiger partial charge in [-0.2, -0.15) is 0 Å². The summed E-state index contributed by atoms with van der Waals surface area (Å²) >= 11 is 0. The van der Waals surface area contributed by atoms with Crippen LogP contribution in [0.5, 0.6) is 0 Å². The van der Waals surface area contributed by atoms with E-state index in [1.54, 1.807) is 0 Å². The quantitative estimate of drug-likeness (QED) is 0.798. The lowest BCUT2D eigenvalue weighted by Crippen LogP contribution is -2.33. The van der Waals surface area contributed by atoms with Crippen molar-refractivity contribution in [1.29, 1.82) is 0 Å².